The van der Waals surface area contributed by atoms with E-state index in [-0.39, 0.29) is 36.1 Å². The van der Waals surface area contributed by atoms with Crippen LogP contribution in [0.3, 0.4) is 0 Å². The van der Waals surface area contributed by atoms with E-state index in [0.29, 0.717) is 17.0 Å². The van der Waals surface area contributed by atoms with Crippen molar-refractivity contribution in [1.82, 2.24) is 4.90 Å². The van der Waals surface area contributed by atoms with E-state index in [2.05, 4.69) is 6.07 Å². The molecular formula is C33H27N3O4S. The maximum absolute atomic E-state index is 14.7. The number of sulfone groups is 1. The second-order valence-electron chi connectivity index (χ2n) is 10.2. The first-order valence-electron chi connectivity index (χ1n) is 13.4. The number of fused-ring (bicyclic) bond motifs is 3. The van der Waals surface area contributed by atoms with Gasteiger partial charge < -0.3 is 9.64 Å². The Morgan fingerprint density at radius 3 is 2.27 bits per heavy atom. The van der Waals surface area contributed by atoms with Crippen LogP contribution in [0.5, 0.6) is 0 Å². The molecule has 0 aliphatic carbocycles. The Hall–Kier alpha value is -4.74. The van der Waals surface area contributed by atoms with Gasteiger partial charge in [0.15, 0.2) is 21.5 Å². The summed E-state index contributed by atoms with van der Waals surface area (Å²) in [4.78, 5) is 21.5. The van der Waals surface area contributed by atoms with Crippen LogP contribution in [-0.2, 0) is 32.3 Å². The van der Waals surface area contributed by atoms with E-state index in [4.69, 9.17) is 9.73 Å². The van der Waals surface area contributed by atoms with E-state index in [1.54, 1.807) is 59.5 Å². The van der Waals surface area contributed by atoms with Crippen LogP contribution >= 0.6 is 0 Å². The zero-order chi connectivity index (χ0) is 28.5. The Morgan fingerprint density at radius 2 is 1.56 bits per heavy atom. The summed E-state index contributed by atoms with van der Waals surface area (Å²) >= 11 is 0. The molecule has 204 valence electrons. The molecule has 4 aromatic carbocycles. The van der Waals surface area contributed by atoms with Gasteiger partial charge in [0.25, 0.3) is 5.91 Å². The maximum Gasteiger partial charge on any atom is 0.255 e. The highest BCUT2D eigenvalue weighted by molar-refractivity contribution is 7.91. The first-order valence-corrected chi connectivity index (χ1v) is 15.0. The van der Waals surface area contributed by atoms with Crippen LogP contribution in [0.15, 0.2) is 119 Å². The number of nitrogens with zero attached hydrogens (tertiary/aromatic N) is 3. The second kappa shape index (κ2) is 10.7. The Labute approximate surface area is 239 Å². The van der Waals surface area contributed by atoms with Crippen molar-refractivity contribution < 1.29 is 17.9 Å². The first kappa shape index (κ1) is 26.5. The lowest BCUT2D eigenvalue weighted by molar-refractivity contribution is -0.139. The fraction of sp³-hybridized carbons (Fsp3) is 0.182. The quantitative estimate of drug-likeness (QED) is 0.320. The second-order valence-corrected chi connectivity index (χ2v) is 12.4. The van der Waals surface area contributed by atoms with Crippen molar-refractivity contribution >= 4 is 21.6 Å². The lowest BCUT2D eigenvalue weighted by Gasteiger charge is -2.32. The Balaban J connectivity index is 1.45. The molecule has 4 aromatic rings. The van der Waals surface area contributed by atoms with Crippen molar-refractivity contribution in [2.75, 3.05) is 12.3 Å². The van der Waals surface area contributed by atoms with E-state index in [9.17, 15) is 18.5 Å². The SMILES string of the molecule is N#Cc1ccc(C2=N[C@]3(Cc4ccccc4)C(=O)N(CCS(=O)(=O)c4ccccc4)Cc4ccccc4[C@@H]3O2)cc1. The number of amides is 1. The molecule has 0 unspecified atom stereocenters. The van der Waals surface area contributed by atoms with Crippen LogP contribution in [0.25, 0.3) is 0 Å². The number of carbonyl (C=O) groups excluding carboxylic acids is 1. The van der Waals surface area contributed by atoms with Gasteiger partial charge in [-0.25, -0.2) is 13.4 Å². The molecule has 2 aliphatic heterocycles. The highest BCUT2D eigenvalue weighted by Crippen LogP contribution is 2.46. The molecule has 0 fully saturated rings. The number of hydrogen-bond donors (Lipinski definition) is 0. The molecule has 2 heterocycles. The average molecular weight is 562 g/mol. The number of hydrogen-bond acceptors (Lipinski definition) is 6. The molecular weight excluding hydrogens is 534 g/mol. The lowest BCUT2D eigenvalue weighted by atomic mass is 9.81. The number of ether oxygens (including phenoxy) is 1. The number of nitriles is 1. The Kier molecular flexibility index (Phi) is 6.90. The summed E-state index contributed by atoms with van der Waals surface area (Å²) in [6, 6.07) is 34.7. The predicted molar refractivity (Wildman–Crippen MR) is 155 cm³/mol. The van der Waals surface area contributed by atoms with E-state index in [0.717, 1.165) is 16.7 Å². The van der Waals surface area contributed by atoms with Crippen LogP contribution in [-0.4, -0.2) is 43.0 Å². The molecule has 41 heavy (non-hydrogen) atoms. The Morgan fingerprint density at radius 1 is 0.902 bits per heavy atom. The van der Waals surface area contributed by atoms with Gasteiger partial charge in [-0.1, -0.05) is 72.8 Å². The fourth-order valence-electron chi connectivity index (χ4n) is 5.53. The van der Waals surface area contributed by atoms with Crippen molar-refractivity contribution in [3.8, 4) is 6.07 Å². The zero-order valence-electron chi connectivity index (χ0n) is 22.2. The van der Waals surface area contributed by atoms with Crippen LogP contribution in [0.2, 0.25) is 0 Å². The summed E-state index contributed by atoms with van der Waals surface area (Å²) in [5, 5.41) is 9.25. The van der Waals surface area contributed by atoms with Crippen LogP contribution < -0.4 is 0 Å². The van der Waals surface area contributed by atoms with Crippen molar-refractivity contribution in [2.45, 2.75) is 29.5 Å². The normalized spacial score (nSPS) is 19.8. The summed E-state index contributed by atoms with van der Waals surface area (Å²) in [7, 11) is -3.62. The van der Waals surface area contributed by atoms with Crippen molar-refractivity contribution in [3.63, 3.8) is 0 Å². The van der Waals surface area contributed by atoms with Gasteiger partial charge in [-0.2, -0.15) is 5.26 Å². The molecule has 2 atom stereocenters. The molecule has 0 radical (unpaired) electrons. The van der Waals surface area contributed by atoms with Gasteiger partial charge in [0.05, 0.1) is 22.3 Å². The highest BCUT2D eigenvalue weighted by atomic mass is 32.2. The molecule has 0 N–H and O–H groups in total. The third-order valence-corrected chi connectivity index (χ3v) is 9.34. The first-order chi connectivity index (χ1) is 19.9. The molecule has 0 saturated heterocycles. The Bertz CT molecular complexity index is 1760. The minimum Gasteiger partial charge on any atom is -0.466 e. The monoisotopic (exact) mass is 561 g/mol. The van der Waals surface area contributed by atoms with Gasteiger partial charge in [0, 0.05) is 30.6 Å². The number of benzene rings is 4. The minimum absolute atomic E-state index is 0.00930. The smallest absolute Gasteiger partial charge is 0.255 e. The predicted octanol–water partition coefficient (Wildman–Crippen LogP) is 4.87. The molecule has 8 heteroatoms. The fourth-order valence-corrected chi connectivity index (χ4v) is 6.80. The van der Waals surface area contributed by atoms with Gasteiger partial charge in [-0.15, -0.1) is 0 Å². The zero-order valence-corrected chi connectivity index (χ0v) is 23.0. The summed E-state index contributed by atoms with van der Waals surface area (Å²) in [5.41, 5.74) is 2.45. The molecule has 0 aromatic heterocycles. The van der Waals surface area contributed by atoms with Crippen molar-refractivity contribution in [2.24, 2.45) is 4.99 Å². The lowest BCUT2D eigenvalue weighted by Crippen LogP contribution is -2.50. The third kappa shape index (κ3) is 5.01. The largest absolute Gasteiger partial charge is 0.466 e. The molecule has 1 amide bonds. The standard InChI is InChI=1S/C33H27N3O4S/c34-22-25-15-17-26(18-16-25)31-35-33(21-24-9-3-1-4-10-24)30(40-31)29-14-8-7-11-27(29)23-36(32(33)37)19-20-41(38,39)28-12-5-2-6-13-28/h1-18,30H,19-21,23H2/t30-,33-/m0/s1. The van der Waals surface area contributed by atoms with Crippen LogP contribution in [0, 0.1) is 11.3 Å². The van der Waals surface area contributed by atoms with Gasteiger partial charge in [0.1, 0.15) is 0 Å². The van der Waals surface area contributed by atoms with Crippen molar-refractivity contribution in [3.05, 3.63) is 137 Å². The third-order valence-electron chi connectivity index (χ3n) is 7.63. The van der Waals surface area contributed by atoms with Crippen LogP contribution in [0.1, 0.15) is 33.9 Å². The topological polar surface area (TPSA) is 99.8 Å². The van der Waals surface area contributed by atoms with Crippen LogP contribution in [0.4, 0.5) is 0 Å². The van der Waals surface area contributed by atoms with Crippen molar-refractivity contribution in [1.29, 1.82) is 5.26 Å². The molecule has 2 aliphatic rings. The number of aliphatic imine (C=N–C) groups is 1. The average Bonchev–Trinajstić information content (AvgIpc) is 3.36. The minimum atomic E-state index is -3.62. The molecule has 6 rings (SSSR count). The van der Waals surface area contributed by atoms with E-state index in [1.165, 1.54) is 0 Å². The van der Waals surface area contributed by atoms with Gasteiger partial charge in [0.2, 0.25) is 5.90 Å². The summed E-state index contributed by atoms with van der Waals surface area (Å²) < 4.78 is 32.9. The van der Waals surface area contributed by atoms with Gasteiger partial charge in [-0.05, 0) is 47.5 Å². The highest BCUT2D eigenvalue weighted by Gasteiger charge is 2.56. The van der Waals surface area contributed by atoms with E-state index in [1.807, 2.05) is 54.6 Å². The molecule has 7 nitrogen and oxygen atoms in total. The number of carbonyl (C=O) groups is 1. The van der Waals surface area contributed by atoms with E-state index < -0.39 is 21.5 Å². The maximum atomic E-state index is 14.7. The summed E-state index contributed by atoms with van der Waals surface area (Å²) in [6.45, 7) is 0.257. The summed E-state index contributed by atoms with van der Waals surface area (Å²) in [6.07, 6.45) is -0.444. The van der Waals surface area contributed by atoms with Gasteiger partial charge >= 0.3 is 0 Å². The molecule has 0 bridgehead atoms. The molecule has 0 spiro atoms. The summed E-state index contributed by atoms with van der Waals surface area (Å²) in [5.74, 6) is -0.184. The number of rotatable bonds is 7. The molecule has 0 saturated carbocycles. The van der Waals surface area contributed by atoms with Gasteiger partial charge in [-0.3, -0.25) is 4.79 Å². The van der Waals surface area contributed by atoms with E-state index >= 15 is 0 Å².